The van der Waals surface area contributed by atoms with Crippen LogP contribution < -0.4 is 11.1 Å². The molecule has 1 aromatic heterocycles. The number of rotatable bonds is 4. The molecule has 1 heterocycles. The predicted octanol–water partition coefficient (Wildman–Crippen LogP) is 2.44. The van der Waals surface area contributed by atoms with E-state index in [2.05, 4.69) is 24.4 Å². The molecule has 0 atom stereocenters. The molecule has 0 saturated heterocycles. The summed E-state index contributed by atoms with van der Waals surface area (Å²) in [5.41, 5.74) is 5.85. The molecule has 2 rings (SSSR count). The normalized spacial score (nSPS) is 23.9. The Balaban J connectivity index is 1.77. The van der Waals surface area contributed by atoms with Gasteiger partial charge in [-0.15, -0.1) is 11.3 Å². The summed E-state index contributed by atoms with van der Waals surface area (Å²) in [6.45, 7) is 2.82. The standard InChI is InChI=1S/C14H22N2OS/c1-2-12-7-8-13(18-12)9-16-14(17)10-3-5-11(15)6-4-10/h7-8,10-11H,2-6,9,15H2,1H3,(H,16,17). The Morgan fingerprint density at radius 2 is 2.00 bits per heavy atom. The molecule has 1 aliphatic carbocycles. The smallest absolute Gasteiger partial charge is 0.223 e. The van der Waals surface area contributed by atoms with Gasteiger partial charge in [0.25, 0.3) is 0 Å². The molecular weight excluding hydrogens is 244 g/mol. The highest BCUT2D eigenvalue weighted by atomic mass is 32.1. The van der Waals surface area contributed by atoms with E-state index in [1.807, 2.05) is 0 Å². The molecule has 3 N–H and O–H groups in total. The van der Waals surface area contributed by atoms with Gasteiger partial charge in [-0.2, -0.15) is 0 Å². The van der Waals surface area contributed by atoms with Crippen LogP contribution in [0.2, 0.25) is 0 Å². The fraction of sp³-hybridized carbons (Fsp3) is 0.643. The third-order valence-electron chi connectivity index (χ3n) is 3.65. The molecule has 0 unspecified atom stereocenters. The minimum Gasteiger partial charge on any atom is -0.351 e. The molecule has 0 aliphatic heterocycles. The lowest BCUT2D eigenvalue weighted by Crippen LogP contribution is -2.35. The van der Waals surface area contributed by atoms with Crippen molar-refractivity contribution in [3.8, 4) is 0 Å². The number of amides is 1. The summed E-state index contributed by atoms with van der Waals surface area (Å²) in [6.07, 6.45) is 4.92. The first-order valence-corrected chi connectivity index (χ1v) is 7.61. The van der Waals surface area contributed by atoms with Gasteiger partial charge in [0.05, 0.1) is 6.54 Å². The first-order valence-electron chi connectivity index (χ1n) is 6.80. The monoisotopic (exact) mass is 266 g/mol. The lowest BCUT2D eigenvalue weighted by atomic mass is 9.86. The molecule has 0 radical (unpaired) electrons. The van der Waals surface area contributed by atoms with Gasteiger partial charge in [0.2, 0.25) is 5.91 Å². The Bertz CT molecular complexity index is 394. The summed E-state index contributed by atoms with van der Waals surface area (Å²) in [5, 5.41) is 3.05. The maximum atomic E-state index is 12.0. The van der Waals surface area contributed by atoms with Gasteiger partial charge in [0, 0.05) is 21.7 Å². The molecule has 0 spiro atoms. The molecule has 1 aliphatic rings. The zero-order chi connectivity index (χ0) is 13.0. The minimum atomic E-state index is 0.176. The molecule has 3 nitrogen and oxygen atoms in total. The van der Waals surface area contributed by atoms with Crippen LogP contribution in [0.1, 0.15) is 42.4 Å². The Hall–Kier alpha value is -0.870. The van der Waals surface area contributed by atoms with Crippen molar-refractivity contribution in [3.63, 3.8) is 0 Å². The summed E-state index contributed by atoms with van der Waals surface area (Å²) in [5.74, 6) is 0.378. The second kappa shape index (κ2) is 6.34. The zero-order valence-electron chi connectivity index (χ0n) is 10.9. The van der Waals surface area contributed by atoms with Crippen molar-refractivity contribution in [3.05, 3.63) is 21.9 Å². The Labute approximate surface area is 113 Å². The third kappa shape index (κ3) is 3.56. The van der Waals surface area contributed by atoms with Crippen molar-refractivity contribution in [1.82, 2.24) is 5.32 Å². The van der Waals surface area contributed by atoms with Gasteiger partial charge in [-0.25, -0.2) is 0 Å². The van der Waals surface area contributed by atoms with Crippen LogP contribution >= 0.6 is 11.3 Å². The largest absolute Gasteiger partial charge is 0.351 e. The summed E-state index contributed by atoms with van der Waals surface area (Å²) < 4.78 is 0. The molecule has 0 aromatic carbocycles. The minimum absolute atomic E-state index is 0.176. The first-order chi connectivity index (χ1) is 8.69. The Morgan fingerprint density at radius 3 is 2.61 bits per heavy atom. The van der Waals surface area contributed by atoms with Gasteiger partial charge in [0.1, 0.15) is 0 Å². The van der Waals surface area contributed by atoms with E-state index in [0.29, 0.717) is 12.6 Å². The van der Waals surface area contributed by atoms with Gasteiger partial charge in [-0.05, 0) is 44.2 Å². The lowest BCUT2D eigenvalue weighted by molar-refractivity contribution is -0.126. The highest BCUT2D eigenvalue weighted by Gasteiger charge is 2.24. The van der Waals surface area contributed by atoms with Gasteiger partial charge in [-0.3, -0.25) is 4.79 Å². The Morgan fingerprint density at radius 1 is 1.33 bits per heavy atom. The number of hydrogen-bond acceptors (Lipinski definition) is 3. The van der Waals surface area contributed by atoms with E-state index >= 15 is 0 Å². The number of nitrogens with two attached hydrogens (primary N) is 1. The number of carbonyl (C=O) groups excluding carboxylic acids is 1. The van der Waals surface area contributed by atoms with Gasteiger partial charge >= 0.3 is 0 Å². The Kier molecular flexibility index (Phi) is 4.78. The highest BCUT2D eigenvalue weighted by Crippen LogP contribution is 2.23. The lowest BCUT2D eigenvalue weighted by Gasteiger charge is -2.25. The van der Waals surface area contributed by atoms with E-state index in [1.165, 1.54) is 9.75 Å². The number of hydrogen-bond donors (Lipinski definition) is 2. The molecular formula is C14H22N2OS. The number of thiophene rings is 1. The summed E-state index contributed by atoms with van der Waals surface area (Å²) in [4.78, 5) is 14.6. The van der Waals surface area contributed by atoms with Crippen molar-refractivity contribution in [2.24, 2.45) is 11.7 Å². The fourth-order valence-electron chi connectivity index (χ4n) is 2.41. The molecule has 18 heavy (non-hydrogen) atoms. The van der Waals surface area contributed by atoms with Crippen LogP contribution in [-0.2, 0) is 17.8 Å². The van der Waals surface area contributed by atoms with Crippen molar-refractivity contribution in [2.45, 2.75) is 51.6 Å². The summed E-state index contributed by atoms with van der Waals surface area (Å²) in [6, 6.07) is 4.56. The van der Waals surface area contributed by atoms with E-state index in [0.717, 1.165) is 32.1 Å². The van der Waals surface area contributed by atoms with Crippen molar-refractivity contribution in [1.29, 1.82) is 0 Å². The van der Waals surface area contributed by atoms with E-state index in [4.69, 9.17) is 5.73 Å². The van der Waals surface area contributed by atoms with Crippen LogP contribution in [-0.4, -0.2) is 11.9 Å². The molecule has 4 heteroatoms. The third-order valence-corrected chi connectivity index (χ3v) is 4.87. The van der Waals surface area contributed by atoms with Crippen molar-refractivity contribution >= 4 is 17.2 Å². The quantitative estimate of drug-likeness (QED) is 0.879. The number of nitrogens with one attached hydrogen (secondary N) is 1. The highest BCUT2D eigenvalue weighted by molar-refractivity contribution is 7.11. The van der Waals surface area contributed by atoms with Gasteiger partial charge < -0.3 is 11.1 Å². The molecule has 100 valence electrons. The van der Waals surface area contributed by atoms with Gasteiger partial charge in [0.15, 0.2) is 0 Å². The first kappa shape index (κ1) is 13.6. The maximum Gasteiger partial charge on any atom is 0.223 e. The number of carbonyl (C=O) groups is 1. The van der Waals surface area contributed by atoms with Crippen molar-refractivity contribution < 1.29 is 4.79 Å². The SMILES string of the molecule is CCc1ccc(CNC(=O)C2CCC(N)CC2)s1. The summed E-state index contributed by atoms with van der Waals surface area (Å²) in [7, 11) is 0. The van der Waals surface area contributed by atoms with Crippen LogP contribution in [0.4, 0.5) is 0 Å². The maximum absolute atomic E-state index is 12.0. The molecule has 1 aromatic rings. The van der Waals surface area contributed by atoms with Crippen LogP contribution in [0.5, 0.6) is 0 Å². The topological polar surface area (TPSA) is 55.1 Å². The van der Waals surface area contributed by atoms with Crippen LogP contribution in [0, 0.1) is 5.92 Å². The van der Waals surface area contributed by atoms with E-state index in [9.17, 15) is 4.79 Å². The molecule has 1 fully saturated rings. The second-order valence-electron chi connectivity index (χ2n) is 5.05. The fourth-order valence-corrected chi connectivity index (χ4v) is 3.30. The average Bonchev–Trinajstić information content (AvgIpc) is 2.85. The van der Waals surface area contributed by atoms with Crippen LogP contribution in [0.3, 0.4) is 0 Å². The van der Waals surface area contributed by atoms with E-state index in [-0.39, 0.29) is 11.8 Å². The summed E-state index contributed by atoms with van der Waals surface area (Å²) >= 11 is 1.79. The van der Waals surface area contributed by atoms with E-state index < -0.39 is 0 Å². The van der Waals surface area contributed by atoms with Gasteiger partial charge in [-0.1, -0.05) is 6.92 Å². The van der Waals surface area contributed by atoms with E-state index in [1.54, 1.807) is 11.3 Å². The van der Waals surface area contributed by atoms with Crippen LogP contribution in [0.15, 0.2) is 12.1 Å². The second-order valence-corrected chi connectivity index (χ2v) is 6.30. The molecule has 1 amide bonds. The molecule has 1 saturated carbocycles. The average molecular weight is 266 g/mol. The number of aryl methyl sites for hydroxylation is 1. The van der Waals surface area contributed by atoms with Crippen molar-refractivity contribution in [2.75, 3.05) is 0 Å². The predicted molar refractivity (Wildman–Crippen MR) is 75.5 cm³/mol. The molecule has 0 bridgehead atoms. The zero-order valence-corrected chi connectivity index (χ0v) is 11.8. The van der Waals surface area contributed by atoms with Crippen LogP contribution in [0.25, 0.3) is 0 Å².